The van der Waals surface area contributed by atoms with Gasteiger partial charge in [0, 0.05) is 19.2 Å². The standard InChI is InChI=1S/C15H23NO/c1-11-6-4-5-7-14(11)12(2)16-15(10-17-3)13-8-9-13/h4-7,12-13,15-16H,8-10H2,1-3H3. The van der Waals surface area contributed by atoms with Gasteiger partial charge in [-0.25, -0.2) is 0 Å². The quantitative estimate of drug-likeness (QED) is 0.815. The van der Waals surface area contributed by atoms with Crippen LogP contribution in [0.5, 0.6) is 0 Å². The van der Waals surface area contributed by atoms with Crippen molar-refractivity contribution < 1.29 is 4.74 Å². The first-order valence-corrected chi connectivity index (χ1v) is 6.53. The molecular formula is C15H23NO. The molecule has 0 spiro atoms. The van der Waals surface area contributed by atoms with E-state index in [-0.39, 0.29) is 0 Å². The van der Waals surface area contributed by atoms with Crippen molar-refractivity contribution in [2.75, 3.05) is 13.7 Å². The molecule has 1 saturated carbocycles. The van der Waals surface area contributed by atoms with Gasteiger partial charge in [0.15, 0.2) is 0 Å². The molecule has 0 saturated heterocycles. The van der Waals surface area contributed by atoms with E-state index in [9.17, 15) is 0 Å². The van der Waals surface area contributed by atoms with Gasteiger partial charge in [-0.3, -0.25) is 0 Å². The second-order valence-electron chi connectivity index (χ2n) is 5.14. The van der Waals surface area contributed by atoms with Gasteiger partial charge in [0.1, 0.15) is 0 Å². The average molecular weight is 233 g/mol. The Balaban J connectivity index is 1.99. The number of rotatable bonds is 6. The maximum absolute atomic E-state index is 5.31. The molecule has 1 aromatic carbocycles. The third kappa shape index (κ3) is 3.30. The number of methoxy groups -OCH3 is 1. The van der Waals surface area contributed by atoms with E-state index in [0.29, 0.717) is 12.1 Å². The fraction of sp³-hybridized carbons (Fsp3) is 0.600. The summed E-state index contributed by atoms with van der Waals surface area (Å²) in [6.45, 7) is 5.24. The molecule has 0 bridgehead atoms. The molecule has 94 valence electrons. The monoisotopic (exact) mass is 233 g/mol. The first kappa shape index (κ1) is 12.6. The van der Waals surface area contributed by atoms with Crippen LogP contribution in [0.25, 0.3) is 0 Å². The summed E-state index contributed by atoms with van der Waals surface area (Å²) in [6.07, 6.45) is 2.70. The van der Waals surface area contributed by atoms with E-state index in [2.05, 4.69) is 43.4 Å². The van der Waals surface area contributed by atoms with Crippen LogP contribution in [-0.2, 0) is 4.74 Å². The maximum Gasteiger partial charge on any atom is 0.0618 e. The third-order valence-corrected chi connectivity index (χ3v) is 3.66. The summed E-state index contributed by atoms with van der Waals surface area (Å²) in [7, 11) is 1.79. The van der Waals surface area contributed by atoms with Crippen molar-refractivity contribution in [3.8, 4) is 0 Å². The summed E-state index contributed by atoms with van der Waals surface area (Å²) >= 11 is 0. The van der Waals surface area contributed by atoms with Crippen molar-refractivity contribution in [1.82, 2.24) is 5.32 Å². The average Bonchev–Trinajstić information content (AvgIpc) is 3.12. The van der Waals surface area contributed by atoms with Gasteiger partial charge in [0.05, 0.1) is 6.61 Å². The highest BCUT2D eigenvalue weighted by atomic mass is 16.5. The lowest BCUT2D eigenvalue weighted by Gasteiger charge is -2.24. The first-order chi connectivity index (χ1) is 8.22. The molecule has 0 heterocycles. The zero-order chi connectivity index (χ0) is 12.3. The molecule has 0 radical (unpaired) electrons. The van der Waals surface area contributed by atoms with Crippen molar-refractivity contribution >= 4 is 0 Å². The number of hydrogen-bond acceptors (Lipinski definition) is 2. The van der Waals surface area contributed by atoms with Crippen LogP contribution in [0.2, 0.25) is 0 Å². The van der Waals surface area contributed by atoms with Crippen LogP contribution in [0.3, 0.4) is 0 Å². The summed E-state index contributed by atoms with van der Waals surface area (Å²) in [6, 6.07) is 9.51. The van der Waals surface area contributed by atoms with Gasteiger partial charge >= 0.3 is 0 Å². The van der Waals surface area contributed by atoms with Gasteiger partial charge in [0.25, 0.3) is 0 Å². The normalized spacial score (nSPS) is 19.0. The Morgan fingerprint density at radius 1 is 1.35 bits per heavy atom. The SMILES string of the molecule is COCC(NC(C)c1ccccc1C)C1CC1. The maximum atomic E-state index is 5.31. The summed E-state index contributed by atoms with van der Waals surface area (Å²) < 4.78 is 5.31. The number of hydrogen-bond donors (Lipinski definition) is 1. The predicted molar refractivity (Wildman–Crippen MR) is 71.1 cm³/mol. The first-order valence-electron chi connectivity index (χ1n) is 6.53. The molecule has 1 aliphatic carbocycles. The van der Waals surface area contributed by atoms with Gasteiger partial charge < -0.3 is 10.1 Å². The van der Waals surface area contributed by atoms with E-state index in [1.807, 2.05) is 0 Å². The van der Waals surface area contributed by atoms with E-state index in [4.69, 9.17) is 4.74 Å². The molecule has 2 unspecified atom stereocenters. The number of ether oxygens (including phenoxy) is 1. The Hall–Kier alpha value is -0.860. The third-order valence-electron chi connectivity index (χ3n) is 3.66. The molecule has 1 aliphatic rings. The summed E-state index contributed by atoms with van der Waals surface area (Å²) in [4.78, 5) is 0. The van der Waals surface area contributed by atoms with E-state index in [1.165, 1.54) is 24.0 Å². The Bertz CT molecular complexity index is 360. The highest BCUT2D eigenvalue weighted by molar-refractivity contribution is 5.28. The Morgan fingerprint density at radius 3 is 2.65 bits per heavy atom. The highest BCUT2D eigenvalue weighted by Gasteiger charge is 2.32. The van der Waals surface area contributed by atoms with Gasteiger partial charge in [-0.05, 0) is 43.7 Å². The Morgan fingerprint density at radius 2 is 2.06 bits per heavy atom. The number of nitrogens with one attached hydrogen (secondary N) is 1. The molecule has 2 nitrogen and oxygen atoms in total. The fourth-order valence-corrected chi connectivity index (χ4v) is 2.48. The summed E-state index contributed by atoms with van der Waals surface area (Å²) in [5.41, 5.74) is 2.76. The van der Waals surface area contributed by atoms with Crippen LogP contribution in [0.15, 0.2) is 24.3 Å². The molecule has 1 fully saturated rings. The smallest absolute Gasteiger partial charge is 0.0618 e. The summed E-state index contributed by atoms with van der Waals surface area (Å²) in [5, 5.41) is 3.71. The van der Waals surface area contributed by atoms with Crippen LogP contribution in [0.4, 0.5) is 0 Å². The minimum absolute atomic E-state index is 0.400. The van der Waals surface area contributed by atoms with E-state index in [1.54, 1.807) is 7.11 Å². The van der Waals surface area contributed by atoms with Crippen LogP contribution in [0, 0.1) is 12.8 Å². The van der Waals surface area contributed by atoms with Crippen molar-refractivity contribution in [2.24, 2.45) is 5.92 Å². The van der Waals surface area contributed by atoms with Crippen LogP contribution in [-0.4, -0.2) is 19.8 Å². The lowest BCUT2D eigenvalue weighted by atomic mass is 10.0. The minimum Gasteiger partial charge on any atom is -0.383 e. The molecule has 1 aromatic rings. The van der Waals surface area contributed by atoms with E-state index in [0.717, 1.165) is 12.5 Å². The molecule has 2 rings (SSSR count). The topological polar surface area (TPSA) is 21.3 Å². The molecular weight excluding hydrogens is 210 g/mol. The largest absolute Gasteiger partial charge is 0.383 e. The lowest BCUT2D eigenvalue weighted by Crippen LogP contribution is -2.37. The van der Waals surface area contributed by atoms with E-state index >= 15 is 0 Å². The summed E-state index contributed by atoms with van der Waals surface area (Å²) in [5.74, 6) is 0.821. The van der Waals surface area contributed by atoms with Gasteiger partial charge in [-0.15, -0.1) is 0 Å². The van der Waals surface area contributed by atoms with Gasteiger partial charge in [-0.2, -0.15) is 0 Å². The molecule has 0 aliphatic heterocycles. The lowest BCUT2D eigenvalue weighted by molar-refractivity contribution is 0.152. The number of benzene rings is 1. The van der Waals surface area contributed by atoms with Crippen molar-refractivity contribution in [2.45, 2.75) is 38.8 Å². The molecule has 1 N–H and O–H groups in total. The minimum atomic E-state index is 0.400. The molecule has 0 amide bonds. The molecule has 2 heteroatoms. The highest BCUT2D eigenvalue weighted by Crippen LogP contribution is 2.34. The second-order valence-corrected chi connectivity index (χ2v) is 5.14. The van der Waals surface area contributed by atoms with Crippen molar-refractivity contribution in [3.63, 3.8) is 0 Å². The van der Waals surface area contributed by atoms with E-state index < -0.39 is 0 Å². The molecule has 2 atom stereocenters. The van der Waals surface area contributed by atoms with Crippen LogP contribution in [0.1, 0.15) is 36.9 Å². The Labute approximate surface area is 104 Å². The van der Waals surface area contributed by atoms with Gasteiger partial charge in [-0.1, -0.05) is 24.3 Å². The Kier molecular flexibility index (Phi) is 4.19. The predicted octanol–water partition coefficient (Wildman–Crippen LogP) is 3.07. The van der Waals surface area contributed by atoms with Crippen molar-refractivity contribution in [1.29, 1.82) is 0 Å². The van der Waals surface area contributed by atoms with Gasteiger partial charge in [0.2, 0.25) is 0 Å². The zero-order valence-electron chi connectivity index (χ0n) is 11.1. The van der Waals surface area contributed by atoms with Crippen LogP contribution < -0.4 is 5.32 Å². The van der Waals surface area contributed by atoms with Crippen molar-refractivity contribution in [3.05, 3.63) is 35.4 Å². The zero-order valence-corrected chi connectivity index (χ0v) is 11.1. The number of aryl methyl sites for hydroxylation is 1. The molecule has 0 aromatic heterocycles. The van der Waals surface area contributed by atoms with Crippen LogP contribution >= 0.6 is 0 Å². The fourth-order valence-electron chi connectivity index (χ4n) is 2.48. The molecule has 17 heavy (non-hydrogen) atoms. The second kappa shape index (κ2) is 5.65.